The minimum absolute atomic E-state index is 0.113. The number of nitrogens with zero attached hydrogens (tertiary/aromatic N) is 3. The number of aromatic hydroxyl groups is 1. The number of nitrogens with one attached hydrogen (secondary N) is 1. The molecule has 0 amide bonds. The molecule has 0 unspecified atom stereocenters. The molecule has 2 heterocycles. The van der Waals surface area contributed by atoms with Gasteiger partial charge in [0.1, 0.15) is 0 Å². The van der Waals surface area contributed by atoms with Gasteiger partial charge in [0.05, 0.1) is 12.1 Å². The van der Waals surface area contributed by atoms with Crippen LogP contribution in [0.5, 0.6) is 17.4 Å². The fourth-order valence-electron chi connectivity index (χ4n) is 3.45. The van der Waals surface area contributed by atoms with Gasteiger partial charge in [0.25, 0.3) is 0 Å². The number of unbranched alkanes of at least 4 members (excludes halogenated alkanes) is 3. The molecule has 9 heteroatoms. The normalized spacial score (nSPS) is 14.5. The Morgan fingerprint density at radius 1 is 1.19 bits per heavy atom. The van der Waals surface area contributed by atoms with Crippen molar-refractivity contribution in [2.45, 2.75) is 44.0 Å². The quantitative estimate of drug-likeness (QED) is 0.301. The molecule has 7 nitrogen and oxygen atoms in total. The van der Waals surface area contributed by atoms with Crippen LogP contribution in [0.15, 0.2) is 41.6 Å². The average molecular weight is 473 g/mol. The van der Waals surface area contributed by atoms with E-state index in [4.69, 9.17) is 21.1 Å². The molecule has 0 fully saturated rings. The average Bonchev–Trinajstić information content (AvgIpc) is 2.97. The van der Waals surface area contributed by atoms with E-state index in [1.54, 1.807) is 23.9 Å². The number of phenolic OH excluding ortho intramolecular Hbond substituents is 1. The first kappa shape index (κ1) is 22.5. The molecule has 32 heavy (non-hydrogen) atoms. The molecule has 0 radical (unpaired) electrons. The fraction of sp³-hybridized carbons (Fsp3) is 0.348. The second kappa shape index (κ2) is 10.3. The highest BCUT2D eigenvalue weighted by atomic mass is 35.5. The van der Waals surface area contributed by atoms with Crippen molar-refractivity contribution in [2.24, 2.45) is 0 Å². The van der Waals surface area contributed by atoms with Crippen LogP contribution in [0, 0.1) is 0 Å². The predicted molar refractivity (Wildman–Crippen MR) is 127 cm³/mol. The summed E-state index contributed by atoms with van der Waals surface area (Å²) in [4.78, 5) is 4.66. The fourth-order valence-corrected chi connectivity index (χ4v) is 4.45. The SMILES string of the molecule is CCCCCCSc1nnc2c(n1)O[C@H](c1cc(Cl)c(O)c(OC)c1)Nc1ccccc1-2. The third-order valence-electron chi connectivity index (χ3n) is 5.14. The Morgan fingerprint density at radius 3 is 2.84 bits per heavy atom. The molecule has 0 spiro atoms. The molecule has 0 bridgehead atoms. The molecule has 168 valence electrons. The molecule has 3 aromatic rings. The van der Waals surface area contributed by atoms with Crippen LogP contribution in [0.1, 0.15) is 44.4 Å². The van der Waals surface area contributed by atoms with Crippen molar-refractivity contribution >= 4 is 29.1 Å². The van der Waals surface area contributed by atoms with Crippen LogP contribution >= 0.6 is 23.4 Å². The predicted octanol–water partition coefficient (Wildman–Crippen LogP) is 6.08. The molecule has 0 aliphatic carbocycles. The highest BCUT2D eigenvalue weighted by Crippen LogP contribution is 2.42. The lowest BCUT2D eigenvalue weighted by atomic mass is 10.1. The van der Waals surface area contributed by atoms with Crippen molar-refractivity contribution in [3.8, 4) is 28.6 Å². The molecule has 4 rings (SSSR count). The topological polar surface area (TPSA) is 89.4 Å². The van der Waals surface area contributed by atoms with Crippen LogP contribution in [-0.2, 0) is 0 Å². The van der Waals surface area contributed by atoms with Crippen molar-refractivity contribution in [2.75, 3.05) is 18.2 Å². The Morgan fingerprint density at radius 2 is 2.03 bits per heavy atom. The molecule has 1 aromatic heterocycles. The summed E-state index contributed by atoms with van der Waals surface area (Å²) in [5.41, 5.74) is 2.93. The largest absolute Gasteiger partial charge is 0.503 e. The third kappa shape index (κ3) is 4.86. The van der Waals surface area contributed by atoms with E-state index in [0.717, 1.165) is 23.4 Å². The molecule has 0 saturated carbocycles. The Labute approximate surface area is 196 Å². The number of fused-ring (bicyclic) bond motifs is 3. The lowest BCUT2D eigenvalue weighted by Gasteiger charge is -2.20. The van der Waals surface area contributed by atoms with Gasteiger partial charge in [-0.15, -0.1) is 10.2 Å². The van der Waals surface area contributed by atoms with Crippen LogP contribution in [0.25, 0.3) is 11.3 Å². The van der Waals surface area contributed by atoms with Crippen LogP contribution in [-0.4, -0.2) is 33.2 Å². The van der Waals surface area contributed by atoms with Gasteiger partial charge in [0, 0.05) is 22.6 Å². The van der Waals surface area contributed by atoms with Gasteiger partial charge >= 0.3 is 0 Å². The zero-order valence-corrected chi connectivity index (χ0v) is 19.5. The number of thioether (sulfide) groups is 1. The number of benzene rings is 2. The number of phenols is 1. The summed E-state index contributed by atoms with van der Waals surface area (Å²) < 4.78 is 11.5. The number of ether oxygens (including phenoxy) is 2. The molecular formula is C23H25ClN4O3S. The Bertz CT molecular complexity index is 1100. The number of hydrogen-bond acceptors (Lipinski definition) is 8. The van der Waals surface area contributed by atoms with Crippen LogP contribution in [0.3, 0.4) is 0 Å². The number of aromatic nitrogens is 3. The van der Waals surface area contributed by atoms with Crippen molar-refractivity contribution in [1.29, 1.82) is 0 Å². The van der Waals surface area contributed by atoms with Crippen LogP contribution < -0.4 is 14.8 Å². The molecular weight excluding hydrogens is 448 g/mol. The Balaban J connectivity index is 1.67. The maximum Gasteiger partial charge on any atom is 0.247 e. The van der Waals surface area contributed by atoms with Gasteiger partial charge in [-0.05, 0) is 24.6 Å². The molecule has 1 atom stereocenters. The zero-order valence-electron chi connectivity index (χ0n) is 18.0. The summed E-state index contributed by atoms with van der Waals surface area (Å²) in [6.07, 6.45) is 4.12. The molecule has 1 aliphatic rings. The summed E-state index contributed by atoms with van der Waals surface area (Å²) in [6, 6.07) is 11.1. The summed E-state index contributed by atoms with van der Waals surface area (Å²) in [5.74, 6) is 1.48. The van der Waals surface area contributed by atoms with E-state index in [1.165, 1.54) is 26.4 Å². The van der Waals surface area contributed by atoms with Crippen molar-refractivity contribution in [3.05, 3.63) is 47.0 Å². The zero-order chi connectivity index (χ0) is 22.5. The second-order valence-electron chi connectivity index (χ2n) is 7.40. The lowest BCUT2D eigenvalue weighted by molar-refractivity contribution is 0.224. The van der Waals surface area contributed by atoms with Gasteiger partial charge in [-0.2, -0.15) is 4.98 Å². The van der Waals surface area contributed by atoms with E-state index < -0.39 is 6.23 Å². The van der Waals surface area contributed by atoms with E-state index in [-0.39, 0.29) is 16.5 Å². The van der Waals surface area contributed by atoms with Crippen molar-refractivity contribution in [1.82, 2.24) is 15.2 Å². The maximum atomic E-state index is 10.1. The van der Waals surface area contributed by atoms with E-state index in [2.05, 4.69) is 27.4 Å². The Kier molecular flexibility index (Phi) is 7.22. The first-order valence-corrected chi connectivity index (χ1v) is 11.9. The van der Waals surface area contributed by atoms with E-state index in [1.807, 2.05) is 24.3 Å². The second-order valence-corrected chi connectivity index (χ2v) is 8.87. The van der Waals surface area contributed by atoms with Crippen molar-refractivity contribution < 1.29 is 14.6 Å². The smallest absolute Gasteiger partial charge is 0.247 e. The number of anilines is 1. The first-order valence-electron chi connectivity index (χ1n) is 10.6. The van der Waals surface area contributed by atoms with Crippen LogP contribution in [0.4, 0.5) is 5.69 Å². The number of para-hydroxylation sites is 1. The molecule has 2 aromatic carbocycles. The summed E-state index contributed by atoms with van der Waals surface area (Å²) in [7, 11) is 1.47. The standard InChI is InChI=1S/C23H25ClN4O3S/c1-3-4-5-8-11-32-23-26-22-19(27-28-23)15-9-6-7-10-17(15)25-21(31-22)14-12-16(24)20(29)18(13-14)30-2/h6-7,9-10,12-13,21,25,29H,3-5,8,11H2,1-2H3/t21-/m1/s1. The number of rotatable bonds is 8. The lowest BCUT2D eigenvalue weighted by Crippen LogP contribution is -2.17. The van der Waals surface area contributed by atoms with Crippen molar-refractivity contribution in [3.63, 3.8) is 0 Å². The van der Waals surface area contributed by atoms with Gasteiger partial charge in [-0.25, -0.2) is 0 Å². The number of methoxy groups -OCH3 is 1. The van der Waals surface area contributed by atoms with Gasteiger partial charge in [0.15, 0.2) is 23.4 Å². The summed E-state index contributed by atoms with van der Waals surface area (Å²) in [5, 5.41) is 23.0. The van der Waals surface area contributed by atoms with Gasteiger partial charge in [0.2, 0.25) is 11.0 Å². The summed E-state index contributed by atoms with van der Waals surface area (Å²) >= 11 is 7.80. The summed E-state index contributed by atoms with van der Waals surface area (Å²) in [6.45, 7) is 2.20. The molecule has 0 saturated heterocycles. The maximum absolute atomic E-state index is 10.1. The monoisotopic (exact) mass is 472 g/mol. The highest BCUT2D eigenvalue weighted by Gasteiger charge is 2.27. The third-order valence-corrected chi connectivity index (χ3v) is 6.35. The van der Waals surface area contributed by atoms with Gasteiger partial charge < -0.3 is 19.9 Å². The first-order chi connectivity index (χ1) is 15.6. The van der Waals surface area contributed by atoms with E-state index in [9.17, 15) is 5.11 Å². The van der Waals surface area contributed by atoms with E-state index in [0.29, 0.717) is 22.3 Å². The number of hydrogen-bond donors (Lipinski definition) is 2. The van der Waals surface area contributed by atoms with Gasteiger partial charge in [-0.1, -0.05) is 67.7 Å². The minimum atomic E-state index is -0.622. The molecule has 1 aliphatic heterocycles. The number of halogens is 1. The minimum Gasteiger partial charge on any atom is -0.503 e. The van der Waals surface area contributed by atoms with E-state index >= 15 is 0 Å². The molecule has 2 N–H and O–H groups in total. The van der Waals surface area contributed by atoms with Crippen LogP contribution in [0.2, 0.25) is 5.02 Å². The Hall–Kier alpha value is -2.71. The van der Waals surface area contributed by atoms with Gasteiger partial charge in [-0.3, -0.25) is 0 Å². The highest BCUT2D eigenvalue weighted by molar-refractivity contribution is 7.99.